The van der Waals surface area contributed by atoms with E-state index >= 15 is 0 Å². The Balaban J connectivity index is 1.69. The van der Waals surface area contributed by atoms with Gasteiger partial charge in [0.25, 0.3) is 11.6 Å². The Morgan fingerprint density at radius 3 is 2.96 bits per heavy atom. The van der Waals surface area contributed by atoms with Gasteiger partial charge < -0.3 is 15.5 Å². The van der Waals surface area contributed by atoms with Crippen LogP contribution in [0.1, 0.15) is 32.5 Å². The third-order valence-electron chi connectivity index (χ3n) is 4.63. The maximum Gasteiger partial charge on any atom is 0.288 e. The molecule has 0 saturated heterocycles. The average Bonchev–Trinajstić information content (AvgIpc) is 2.92. The fourth-order valence-corrected chi connectivity index (χ4v) is 4.92. The Morgan fingerprint density at radius 1 is 1.40 bits per heavy atom. The molecule has 0 aliphatic carbocycles. The van der Waals surface area contributed by atoms with Crippen molar-refractivity contribution in [2.45, 2.75) is 19.1 Å². The molecule has 2 aliphatic rings. The molecule has 0 bridgehead atoms. The number of nitrogens with one attached hydrogen (secondary N) is 3. The number of nitrogens with zero attached hydrogens (tertiary/aromatic N) is 1. The second-order valence-corrected chi connectivity index (χ2v) is 7.87. The molecular weight excluding hydrogens is 364 g/mol. The van der Waals surface area contributed by atoms with Gasteiger partial charge >= 0.3 is 0 Å². The van der Waals surface area contributed by atoms with Crippen LogP contribution in [-0.2, 0) is 13.0 Å². The number of quaternary nitrogens is 1. The van der Waals surface area contributed by atoms with Gasteiger partial charge in [-0.15, -0.1) is 11.3 Å². The van der Waals surface area contributed by atoms with Gasteiger partial charge in [-0.3, -0.25) is 14.9 Å². The quantitative estimate of drug-likeness (QED) is 0.547. The minimum Gasteiger partial charge on any atom is -0.353 e. The van der Waals surface area contributed by atoms with E-state index in [4.69, 9.17) is 11.6 Å². The molecule has 0 spiro atoms. The number of likely N-dealkylation sites (N-methyl/N-ethyl adjacent to an activating group) is 1. The Morgan fingerprint density at radius 2 is 2.20 bits per heavy atom. The van der Waals surface area contributed by atoms with Crippen LogP contribution in [0.4, 0.5) is 10.7 Å². The largest absolute Gasteiger partial charge is 0.353 e. The van der Waals surface area contributed by atoms with Gasteiger partial charge in [0.2, 0.25) is 0 Å². The van der Waals surface area contributed by atoms with Gasteiger partial charge in [0, 0.05) is 18.1 Å². The summed E-state index contributed by atoms with van der Waals surface area (Å²) in [4.78, 5) is 25.9. The SMILES string of the molecule is C[NH+]1CCc2c(sc3c2C(=O)N[C@@H](c2ccc(Cl)c([N+](=O)[O-])c2)N3)C1. The molecule has 1 aromatic heterocycles. The van der Waals surface area contributed by atoms with Crippen molar-refractivity contribution < 1.29 is 14.6 Å². The van der Waals surface area contributed by atoms with E-state index in [9.17, 15) is 14.9 Å². The highest BCUT2D eigenvalue weighted by Crippen LogP contribution is 2.39. The molecule has 0 saturated carbocycles. The average molecular weight is 380 g/mol. The smallest absolute Gasteiger partial charge is 0.288 e. The summed E-state index contributed by atoms with van der Waals surface area (Å²) in [5.74, 6) is -0.131. The predicted octanol–water partition coefficient (Wildman–Crippen LogP) is 1.73. The van der Waals surface area contributed by atoms with E-state index in [0.717, 1.165) is 35.6 Å². The molecule has 3 heterocycles. The van der Waals surface area contributed by atoms with E-state index in [1.165, 1.54) is 21.9 Å². The number of hydrogen-bond donors (Lipinski definition) is 3. The van der Waals surface area contributed by atoms with Gasteiger partial charge in [-0.05, 0) is 11.6 Å². The second-order valence-electron chi connectivity index (χ2n) is 6.36. The summed E-state index contributed by atoms with van der Waals surface area (Å²) in [5.41, 5.74) is 2.30. The molecule has 4 rings (SSSR count). The third-order valence-corrected chi connectivity index (χ3v) is 6.12. The van der Waals surface area contributed by atoms with Crippen LogP contribution in [0.3, 0.4) is 0 Å². The predicted molar refractivity (Wildman–Crippen MR) is 95.4 cm³/mol. The van der Waals surface area contributed by atoms with Crippen LogP contribution >= 0.6 is 22.9 Å². The highest BCUT2D eigenvalue weighted by atomic mass is 35.5. The van der Waals surface area contributed by atoms with Crippen molar-refractivity contribution in [1.82, 2.24) is 5.32 Å². The number of nitro benzene ring substituents is 1. The topological polar surface area (TPSA) is 88.7 Å². The lowest BCUT2D eigenvalue weighted by Crippen LogP contribution is -3.08. The molecule has 25 heavy (non-hydrogen) atoms. The van der Waals surface area contributed by atoms with Crippen LogP contribution in [0.15, 0.2) is 18.2 Å². The van der Waals surface area contributed by atoms with Gasteiger partial charge in [-0.2, -0.15) is 0 Å². The van der Waals surface area contributed by atoms with Crippen LogP contribution < -0.4 is 15.5 Å². The van der Waals surface area contributed by atoms with Crippen molar-refractivity contribution >= 4 is 39.5 Å². The molecule has 0 fully saturated rings. The van der Waals surface area contributed by atoms with Gasteiger partial charge in [0.1, 0.15) is 22.7 Å². The maximum absolute atomic E-state index is 12.7. The highest BCUT2D eigenvalue weighted by molar-refractivity contribution is 7.16. The summed E-state index contributed by atoms with van der Waals surface area (Å²) in [6.45, 7) is 1.93. The monoisotopic (exact) mass is 379 g/mol. The van der Waals surface area contributed by atoms with Crippen LogP contribution in [0.2, 0.25) is 5.02 Å². The van der Waals surface area contributed by atoms with Crippen molar-refractivity contribution in [2.75, 3.05) is 18.9 Å². The number of anilines is 1. The number of hydrogen-bond acceptors (Lipinski definition) is 5. The number of thiophene rings is 1. The molecule has 3 N–H and O–H groups in total. The van der Waals surface area contributed by atoms with E-state index < -0.39 is 11.1 Å². The molecule has 1 amide bonds. The minimum atomic E-state index is -0.523. The molecule has 2 aromatic rings. The highest BCUT2D eigenvalue weighted by Gasteiger charge is 2.34. The number of fused-ring (bicyclic) bond motifs is 3. The van der Waals surface area contributed by atoms with Gasteiger partial charge in [-0.1, -0.05) is 17.7 Å². The van der Waals surface area contributed by atoms with E-state index in [0.29, 0.717) is 5.56 Å². The van der Waals surface area contributed by atoms with E-state index in [1.54, 1.807) is 17.4 Å². The van der Waals surface area contributed by atoms with Crippen molar-refractivity contribution in [3.05, 3.63) is 54.9 Å². The molecule has 9 heteroatoms. The summed E-state index contributed by atoms with van der Waals surface area (Å²) in [6.07, 6.45) is 0.375. The second kappa shape index (κ2) is 5.98. The van der Waals surface area contributed by atoms with E-state index in [1.807, 2.05) is 0 Å². The van der Waals surface area contributed by atoms with Crippen LogP contribution in [0.5, 0.6) is 0 Å². The van der Waals surface area contributed by atoms with Crippen LogP contribution in [0.25, 0.3) is 0 Å². The van der Waals surface area contributed by atoms with Gasteiger partial charge in [0.05, 0.1) is 29.0 Å². The van der Waals surface area contributed by atoms with E-state index in [2.05, 4.69) is 17.7 Å². The first-order chi connectivity index (χ1) is 11.9. The fourth-order valence-electron chi connectivity index (χ4n) is 3.35. The summed E-state index contributed by atoms with van der Waals surface area (Å²) < 4.78 is 0. The maximum atomic E-state index is 12.7. The number of nitro groups is 1. The molecule has 0 radical (unpaired) electrons. The fraction of sp³-hybridized carbons (Fsp3) is 0.312. The first kappa shape index (κ1) is 16.3. The first-order valence-electron chi connectivity index (χ1n) is 7.91. The number of rotatable bonds is 2. The summed E-state index contributed by atoms with van der Waals surface area (Å²) >= 11 is 7.48. The summed E-state index contributed by atoms with van der Waals surface area (Å²) in [7, 11) is 2.14. The Labute approximate surface area is 152 Å². The summed E-state index contributed by atoms with van der Waals surface area (Å²) in [5, 5.41) is 18.2. The Kier molecular flexibility index (Phi) is 3.90. The first-order valence-corrected chi connectivity index (χ1v) is 9.10. The zero-order chi connectivity index (χ0) is 17.7. The van der Waals surface area contributed by atoms with E-state index in [-0.39, 0.29) is 16.6 Å². The Hall–Kier alpha value is -2.16. The van der Waals surface area contributed by atoms with Crippen molar-refractivity contribution in [1.29, 1.82) is 0 Å². The zero-order valence-electron chi connectivity index (χ0n) is 13.4. The standard InChI is InChI=1S/C16H15ClN4O3S/c1-20-5-4-9-12(7-20)25-16-13(9)15(22)18-14(19-16)8-2-3-10(17)11(6-8)21(23)24/h2-3,6,14,19H,4-5,7H2,1H3,(H,18,22)/p+1/t14-/m1/s1. The lowest BCUT2D eigenvalue weighted by Gasteiger charge is -2.27. The molecule has 2 atom stereocenters. The van der Waals surface area contributed by atoms with Crippen molar-refractivity contribution in [3.8, 4) is 0 Å². The molecule has 1 unspecified atom stereocenters. The third kappa shape index (κ3) is 2.76. The number of carbonyl (C=O) groups excluding carboxylic acids is 1. The normalized spacial score (nSPS) is 21.8. The van der Waals surface area contributed by atoms with Crippen molar-refractivity contribution in [2.24, 2.45) is 0 Å². The van der Waals surface area contributed by atoms with Crippen LogP contribution in [-0.4, -0.2) is 24.4 Å². The summed E-state index contributed by atoms with van der Waals surface area (Å²) in [6, 6.07) is 4.57. The van der Waals surface area contributed by atoms with Gasteiger partial charge in [0.15, 0.2) is 0 Å². The number of benzene rings is 1. The number of carbonyl (C=O) groups is 1. The van der Waals surface area contributed by atoms with Crippen molar-refractivity contribution in [3.63, 3.8) is 0 Å². The number of amides is 1. The minimum absolute atomic E-state index is 0.0779. The Bertz CT molecular complexity index is 898. The molecular formula is C16H16ClN4O3S+. The molecule has 1 aromatic carbocycles. The lowest BCUT2D eigenvalue weighted by atomic mass is 10.0. The van der Waals surface area contributed by atoms with Crippen LogP contribution in [0, 0.1) is 10.1 Å². The zero-order valence-corrected chi connectivity index (χ0v) is 15.0. The molecule has 130 valence electrons. The van der Waals surface area contributed by atoms with Gasteiger partial charge in [-0.25, -0.2) is 0 Å². The molecule has 2 aliphatic heterocycles. The number of halogens is 1. The lowest BCUT2D eigenvalue weighted by molar-refractivity contribution is -0.895. The molecule has 7 nitrogen and oxygen atoms in total.